The molecule has 0 aliphatic carbocycles. The number of halogens is 2. The molecule has 1 aromatic rings. The van der Waals surface area contributed by atoms with Crippen LogP contribution < -0.4 is 10.5 Å². The second-order valence-electron chi connectivity index (χ2n) is 3.28. The van der Waals surface area contributed by atoms with Crippen LogP contribution in [-0.2, 0) is 10.0 Å². The van der Waals surface area contributed by atoms with E-state index in [1.165, 1.54) is 0 Å². The molecule has 0 unspecified atom stereocenters. The molecule has 0 saturated heterocycles. The lowest BCUT2D eigenvalue weighted by Crippen LogP contribution is -2.25. The summed E-state index contributed by atoms with van der Waals surface area (Å²) in [6.45, 7) is -0.0751. The molecule has 1 rings (SSSR count). The first-order valence-electron chi connectivity index (χ1n) is 4.73. The fourth-order valence-corrected chi connectivity index (χ4v) is 2.74. The van der Waals surface area contributed by atoms with Crippen molar-refractivity contribution in [3.05, 3.63) is 23.0 Å². The predicted molar refractivity (Wildman–Crippen MR) is 62.7 cm³/mol. The maximum atomic E-state index is 13.0. The third kappa shape index (κ3) is 3.53. The zero-order valence-electron chi connectivity index (χ0n) is 8.78. The summed E-state index contributed by atoms with van der Waals surface area (Å²) in [5.41, 5.74) is 4.98. The maximum Gasteiger partial charge on any atom is 0.242 e. The first-order chi connectivity index (χ1) is 7.88. The molecule has 0 atom stereocenters. The van der Waals surface area contributed by atoms with E-state index in [2.05, 4.69) is 4.72 Å². The van der Waals surface area contributed by atoms with Gasteiger partial charge in [0.1, 0.15) is 10.7 Å². The van der Waals surface area contributed by atoms with Crippen LogP contribution in [0.15, 0.2) is 17.0 Å². The second kappa shape index (κ2) is 5.63. The fraction of sp³-hybridized carbons (Fsp3) is 0.333. The molecule has 17 heavy (non-hydrogen) atoms. The van der Waals surface area contributed by atoms with Gasteiger partial charge in [-0.3, -0.25) is 0 Å². The van der Waals surface area contributed by atoms with Crippen molar-refractivity contribution in [1.82, 2.24) is 4.72 Å². The van der Waals surface area contributed by atoms with Crippen LogP contribution in [0.2, 0.25) is 5.02 Å². The van der Waals surface area contributed by atoms with Crippen molar-refractivity contribution in [2.45, 2.75) is 11.3 Å². The Morgan fingerprint density at radius 1 is 1.47 bits per heavy atom. The van der Waals surface area contributed by atoms with Gasteiger partial charge in [-0.25, -0.2) is 17.5 Å². The Morgan fingerprint density at radius 2 is 2.12 bits per heavy atom. The molecule has 1 aromatic carbocycles. The molecule has 96 valence electrons. The van der Waals surface area contributed by atoms with Gasteiger partial charge in [-0.2, -0.15) is 0 Å². The number of hydrogen-bond donors (Lipinski definition) is 3. The molecule has 4 N–H and O–H groups in total. The number of benzene rings is 1. The van der Waals surface area contributed by atoms with Crippen LogP contribution in [0.3, 0.4) is 0 Å². The van der Waals surface area contributed by atoms with Crippen molar-refractivity contribution in [3.63, 3.8) is 0 Å². The highest BCUT2D eigenvalue weighted by molar-refractivity contribution is 7.89. The quantitative estimate of drug-likeness (QED) is 0.548. The maximum absolute atomic E-state index is 13.0. The summed E-state index contributed by atoms with van der Waals surface area (Å²) < 4.78 is 38.7. The van der Waals surface area contributed by atoms with E-state index in [-0.39, 0.29) is 35.2 Å². The smallest absolute Gasteiger partial charge is 0.242 e. The van der Waals surface area contributed by atoms with Gasteiger partial charge in [0.15, 0.2) is 0 Å². The van der Waals surface area contributed by atoms with Crippen molar-refractivity contribution in [1.29, 1.82) is 0 Å². The highest BCUT2D eigenvalue weighted by Gasteiger charge is 2.19. The molecule has 0 aliphatic heterocycles. The van der Waals surface area contributed by atoms with Gasteiger partial charge in [0.25, 0.3) is 0 Å². The summed E-state index contributed by atoms with van der Waals surface area (Å²) in [7, 11) is -3.84. The number of hydrogen-bond acceptors (Lipinski definition) is 4. The lowest BCUT2D eigenvalue weighted by molar-refractivity contribution is 0.289. The number of nitrogens with one attached hydrogen (secondary N) is 1. The van der Waals surface area contributed by atoms with Gasteiger partial charge in [0, 0.05) is 13.2 Å². The number of sulfonamides is 1. The van der Waals surface area contributed by atoms with E-state index in [1.54, 1.807) is 0 Å². The van der Waals surface area contributed by atoms with Crippen molar-refractivity contribution < 1.29 is 17.9 Å². The molecule has 0 amide bonds. The zero-order chi connectivity index (χ0) is 13.1. The number of nitrogens with two attached hydrogens (primary N) is 1. The van der Waals surface area contributed by atoms with Crippen molar-refractivity contribution in [3.8, 4) is 0 Å². The van der Waals surface area contributed by atoms with E-state index in [1.807, 2.05) is 0 Å². The molecule has 0 aliphatic rings. The molecule has 8 heteroatoms. The Balaban J connectivity index is 3.03. The number of anilines is 1. The SMILES string of the molecule is Nc1cc(S(=O)(=O)NCCCO)c(Cl)cc1F. The average molecular weight is 283 g/mol. The van der Waals surface area contributed by atoms with Crippen LogP contribution in [0.4, 0.5) is 10.1 Å². The molecule has 0 aromatic heterocycles. The Morgan fingerprint density at radius 3 is 2.71 bits per heavy atom. The number of aliphatic hydroxyl groups is 1. The van der Waals surface area contributed by atoms with Crippen LogP contribution in [0.25, 0.3) is 0 Å². The molecule has 0 heterocycles. The summed E-state index contributed by atoms with van der Waals surface area (Å²) in [5.74, 6) is -0.774. The summed E-state index contributed by atoms with van der Waals surface area (Å²) in [5, 5.41) is 8.30. The molecule has 0 saturated carbocycles. The van der Waals surface area contributed by atoms with Gasteiger partial charge in [0.2, 0.25) is 10.0 Å². The van der Waals surface area contributed by atoms with Crippen molar-refractivity contribution >= 4 is 27.3 Å². The van der Waals surface area contributed by atoms with Crippen LogP contribution in [0, 0.1) is 5.82 Å². The highest BCUT2D eigenvalue weighted by Crippen LogP contribution is 2.25. The first-order valence-corrected chi connectivity index (χ1v) is 6.59. The number of nitrogen functional groups attached to an aromatic ring is 1. The second-order valence-corrected chi connectivity index (χ2v) is 5.42. The summed E-state index contributed by atoms with van der Waals surface area (Å²) >= 11 is 5.63. The summed E-state index contributed by atoms with van der Waals surface area (Å²) in [4.78, 5) is -0.281. The molecule has 0 fully saturated rings. The minimum absolute atomic E-state index is 0.0619. The Bertz CT molecular complexity index is 507. The average Bonchev–Trinajstić information content (AvgIpc) is 2.23. The molecule has 0 spiro atoms. The van der Waals surface area contributed by atoms with E-state index in [9.17, 15) is 12.8 Å². The number of aliphatic hydroxyl groups excluding tert-OH is 1. The van der Waals surface area contributed by atoms with Gasteiger partial charge < -0.3 is 10.8 Å². The number of rotatable bonds is 5. The highest BCUT2D eigenvalue weighted by atomic mass is 35.5. The van der Waals surface area contributed by atoms with Gasteiger partial charge in [-0.1, -0.05) is 11.6 Å². The normalized spacial score (nSPS) is 11.7. The third-order valence-corrected chi connectivity index (χ3v) is 3.89. The van der Waals surface area contributed by atoms with Crippen LogP contribution in [0.1, 0.15) is 6.42 Å². The van der Waals surface area contributed by atoms with Crippen LogP contribution >= 0.6 is 11.6 Å². The van der Waals surface area contributed by atoms with Gasteiger partial charge in [-0.05, 0) is 18.6 Å². The summed E-state index contributed by atoms with van der Waals surface area (Å²) in [6.07, 6.45) is 0.271. The van der Waals surface area contributed by atoms with E-state index in [0.29, 0.717) is 0 Å². The van der Waals surface area contributed by atoms with Crippen molar-refractivity contribution in [2.75, 3.05) is 18.9 Å². The lowest BCUT2D eigenvalue weighted by Gasteiger charge is -2.09. The van der Waals surface area contributed by atoms with Crippen LogP contribution in [0.5, 0.6) is 0 Å². The van der Waals surface area contributed by atoms with Gasteiger partial charge in [-0.15, -0.1) is 0 Å². The van der Waals surface area contributed by atoms with Crippen molar-refractivity contribution in [2.24, 2.45) is 0 Å². The molecular formula is C9H12ClFN2O3S. The van der Waals surface area contributed by atoms with E-state index in [4.69, 9.17) is 22.4 Å². The first kappa shape index (κ1) is 14.2. The van der Waals surface area contributed by atoms with Crippen LogP contribution in [-0.4, -0.2) is 26.7 Å². The Labute approximate surface area is 103 Å². The van der Waals surface area contributed by atoms with Gasteiger partial charge >= 0.3 is 0 Å². The molecular weight excluding hydrogens is 271 g/mol. The minimum atomic E-state index is -3.84. The van der Waals surface area contributed by atoms with E-state index < -0.39 is 15.8 Å². The monoisotopic (exact) mass is 282 g/mol. The predicted octanol–water partition coefficient (Wildman–Crippen LogP) is 0.722. The van der Waals surface area contributed by atoms with Gasteiger partial charge in [0.05, 0.1) is 10.7 Å². The van der Waals surface area contributed by atoms with E-state index >= 15 is 0 Å². The standard InChI is InChI=1S/C9H12ClFN2O3S/c10-6-4-7(11)8(12)5-9(6)17(15,16)13-2-1-3-14/h4-5,13-14H,1-3,12H2. The Kier molecular flexibility index (Phi) is 4.70. The summed E-state index contributed by atoms with van der Waals surface area (Å²) in [6, 6.07) is 1.80. The zero-order valence-corrected chi connectivity index (χ0v) is 10.4. The minimum Gasteiger partial charge on any atom is -0.396 e. The van der Waals surface area contributed by atoms with E-state index in [0.717, 1.165) is 12.1 Å². The molecule has 0 radical (unpaired) electrons. The lowest BCUT2D eigenvalue weighted by atomic mass is 10.3. The fourth-order valence-electron chi connectivity index (χ4n) is 1.11. The molecule has 5 nitrogen and oxygen atoms in total. The molecule has 0 bridgehead atoms. The Hall–Kier alpha value is -0.890. The topological polar surface area (TPSA) is 92.4 Å². The third-order valence-electron chi connectivity index (χ3n) is 1.97. The largest absolute Gasteiger partial charge is 0.396 e.